The van der Waals surface area contributed by atoms with Crippen molar-refractivity contribution >= 4 is 27.5 Å². The van der Waals surface area contributed by atoms with Crippen LogP contribution in [0.5, 0.6) is 0 Å². The minimum Gasteiger partial charge on any atom is -0.311 e. The van der Waals surface area contributed by atoms with Crippen LogP contribution in [0.4, 0.5) is 0 Å². The Morgan fingerprint density at radius 1 is 1.00 bits per heavy atom. The molecular formula is C16H14N4O2. The minimum absolute atomic E-state index is 0.287. The molecule has 0 N–H and O–H groups in total. The Hall–Kier alpha value is -2.89. The minimum atomic E-state index is -0.335. The first-order chi connectivity index (χ1) is 10.5. The van der Waals surface area contributed by atoms with Crippen molar-refractivity contribution in [2.24, 2.45) is 14.1 Å². The second kappa shape index (κ2) is 4.07. The number of aryl methyl sites for hydroxylation is 2. The Labute approximate surface area is 124 Å². The van der Waals surface area contributed by atoms with Gasteiger partial charge in [-0.1, -0.05) is 12.1 Å². The molecule has 0 unspecified atom stereocenters. The van der Waals surface area contributed by atoms with Gasteiger partial charge in [0.05, 0.1) is 33.1 Å². The van der Waals surface area contributed by atoms with E-state index < -0.39 is 0 Å². The fraction of sp³-hybridized carbons (Fsp3) is 0.188. The van der Waals surface area contributed by atoms with Gasteiger partial charge in [-0.3, -0.25) is 13.9 Å². The quantitative estimate of drug-likeness (QED) is 0.492. The maximum absolute atomic E-state index is 12.4. The van der Waals surface area contributed by atoms with Crippen LogP contribution in [0.3, 0.4) is 0 Å². The Morgan fingerprint density at radius 2 is 1.73 bits per heavy atom. The number of hydrogen-bond donors (Lipinski definition) is 0. The topological polar surface area (TPSA) is 61.3 Å². The van der Waals surface area contributed by atoms with Crippen LogP contribution >= 0.6 is 0 Å². The summed E-state index contributed by atoms with van der Waals surface area (Å²) in [5, 5.41) is 0.519. The summed E-state index contributed by atoms with van der Waals surface area (Å²) in [6.07, 6.45) is 1.80. The Kier molecular flexibility index (Phi) is 2.37. The fourth-order valence-electron chi connectivity index (χ4n) is 3.11. The summed E-state index contributed by atoms with van der Waals surface area (Å²) in [5.41, 5.74) is 3.36. The Morgan fingerprint density at radius 3 is 2.50 bits per heavy atom. The first kappa shape index (κ1) is 12.8. The third-order valence-corrected chi connectivity index (χ3v) is 4.19. The molecule has 0 saturated carbocycles. The molecule has 22 heavy (non-hydrogen) atoms. The molecule has 0 fully saturated rings. The molecule has 0 aliphatic rings. The van der Waals surface area contributed by atoms with Crippen molar-refractivity contribution in [3.05, 3.63) is 57.0 Å². The third kappa shape index (κ3) is 1.41. The van der Waals surface area contributed by atoms with Gasteiger partial charge in [-0.05, 0) is 19.1 Å². The molecule has 4 aromatic rings. The summed E-state index contributed by atoms with van der Waals surface area (Å²) in [5.74, 6) is 0. The number of aromatic nitrogens is 4. The predicted octanol–water partition coefficient (Wildman–Crippen LogP) is 1.35. The lowest BCUT2D eigenvalue weighted by Crippen LogP contribution is -2.36. The molecule has 3 aromatic heterocycles. The molecule has 0 radical (unpaired) electrons. The summed E-state index contributed by atoms with van der Waals surface area (Å²) in [7, 11) is 3.17. The van der Waals surface area contributed by atoms with Crippen LogP contribution in [0.1, 0.15) is 5.69 Å². The highest BCUT2D eigenvalue weighted by Gasteiger charge is 2.17. The first-order valence-electron chi connectivity index (χ1n) is 6.97. The van der Waals surface area contributed by atoms with E-state index in [0.717, 1.165) is 26.8 Å². The molecule has 0 atom stereocenters. The van der Waals surface area contributed by atoms with Crippen LogP contribution in [0.25, 0.3) is 27.5 Å². The van der Waals surface area contributed by atoms with Crippen molar-refractivity contribution in [1.82, 2.24) is 18.5 Å². The van der Waals surface area contributed by atoms with Crippen LogP contribution in [0, 0.1) is 6.92 Å². The highest BCUT2D eigenvalue weighted by molar-refractivity contribution is 5.98. The number of nitrogens with zero attached hydrogens (tertiary/aromatic N) is 4. The zero-order valence-electron chi connectivity index (χ0n) is 12.5. The van der Waals surface area contributed by atoms with Gasteiger partial charge in [0, 0.05) is 20.3 Å². The van der Waals surface area contributed by atoms with Gasteiger partial charge < -0.3 is 4.40 Å². The standard InChI is InChI=1S/C16H14N4O2/c1-9-13-14-10(15(21)19(3)16(22)18(14)2)8-20(13)12-7-5-4-6-11(12)17-9/h4-8H,1-3H3. The molecule has 0 aliphatic heterocycles. The molecule has 0 bridgehead atoms. The zero-order chi connectivity index (χ0) is 15.6. The fourth-order valence-corrected chi connectivity index (χ4v) is 3.11. The van der Waals surface area contributed by atoms with Gasteiger partial charge in [0.25, 0.3) is 5.56 Å². The monoisotopic (exact) mass is 294 g/mol. The molecule has 0 amide bonds. The lowest BCUT2D eigenvalue weighted by Gasteiger charge is -2.07. The van der Waals surface area contributed by atoms with E-state index in [2.05, 4.69) is 4.98 Å². The average Bonchev–Trinajstić information content (AvgIpc) is 2.92. The number of hydrogen-bond acceptors (Lipinski definition) is 3. The van der Waals surface area contributed by atoms with E-state index in [4.69, 9.17) is 0 Å². The van der Waals surface area contributed by atoms with E-state index in [0.29, 0.717) is 10.9 Å². The second-order valence-electron chi connectivity index (χ2n) is 5.50. The normalized spacial score (nSPS) is 11.8. The van der Waals surface area contributed by atoms with E-state index in [-0.39, 0.29) is 11.2 Å². The summed E-state index contributed by atoms with van der Waals surface area (Å²) >= 11 is 0. The third-order valence-electron chi connectivity index (χ3n) is 4.19. The highest BCUT2D eigenvalue weighted by atomic mass is 16.2. The molecule has 1 aromatic carbocycles. The van der Waals surface area contributed by atoms with Gasteiger partial charge in [-0.25, -0.2) is 9.78 Å². The van der Waals surface area contributed by atoms with E-state index in [1.807, 2.05) is 35.6 Å². The van der Waals surface area contributed by atoms with E-state index in [9.17, 15) is 9.59 Å². The molecule has 4 rings (SSSR count). The predicted molar refractivity (Wildman–Crippen MR) is 85.4 cm³/mol. The first-order valence-corrected chi connectivity index (χ1v) is 6.97. The van der Waals surface area contributed by atoms with Crippen molar-refractivity contribution in [2.75, 3.05) is 0 Å². The van der Waals surface area contributed by atoms with Gasteiger partial charge in [0.2, 0.25) is 0 Å². The lowest BCUT2D eigenvalue weighted by molar-refractivity contribution is 0.715. The molecule has 0 saturated heterocycles. The molecular weight excluding hydrogens is 280 g/mol. The molecule has 3 heterocycles. The van der Waals surface area contributed by atoms with Crippen LogP contribution < -0.4 is 11.2 Å². The summed E-state index contributed by atoms with van der Waals surface area (Å²) in [4.78, 5) is 29.3. The largest absolute Gasteiger partial charge is 0.331 e. The van der Waals surface area contributed by atoms with E-state index in [1.165, 1.54) is 11.6 Å². The number of para-hydroxylation sites is 2. The van der Waals surface area contributed by atoms with E-state index >= 15 is 0 Å². The number of rotatable bonds is 0. The Balaban J connectivity index is 2.45. The molecule has 110 valence electrons. The second-order valence-corrected chi connectivity index (χ2v) is 5.50. The lowest BCUT2D eigenvalue weighted by atomic mass is 10.2. The summed E-state index contributed by atoms with van der Waals surface area (Å²) < 4.78 is 4.59. The molecule has 0 aliphatic carbocycles. The van der Waals surface area contributed by atoms with E-state index in [1.54, 1.807) is 13.2 Å². The molecule has 6 heteroatoms. The maximum Gasteiger partial charge on any atom is 0.331 e. The van der Waals surface area contributed by atoms with Crippen molar-refractivity contribution in [2.45, 2.75) is 6.92 Å². The van der Waals surface area contributed by atoms with Crippen molar-refractivity contribution in [3.8, 4) is 0 Å². The Bertz CT molecular complexity index is 1190. The maximum atomic E-state index is 12.4. The van der Waals surface area contributed by atoms with Crippen LogP contribution in [0.15, 0.2) is 40.1 Å². The zero-order valence-corrected chi connectivity index (χ0v) is 12.5. The molecule has 0 spiro atoms. The van der Waals surface area contributed by atoms with Gasteiger partial charge in [0.1, 0.15) is 0 Å². The van der Waals surface area contributed by atoms with Crippen LogP contribution in [0.2, 0.25) is 0 Å². The average molecular weight is 294 g/mol. The van der Waals surface area contributed by atoms with Crippen LogP contribution in [-0.4, -0.2) is 18.5 Å². The smallest absolute Gasteiger partial charge is 0.311 e. The van der Waals surface area contributed by atoms with Gasteiger partial charge in [-0.2, -0.15) is 0 Å². The number of benzene rings is 1. The van der Waals surface area contributed by atoms with Gasteiger partial charge in [0.15, 0.2) is 0 Å². The van der Waals surface area contributed by atoms with Crippen LogP contribution in [-0.2, 0) is 14.1 Å². The molecule has 6 nitrogen and oxygen atoms in total. The van der Waals surface area contributed by atoms with Crippen molar-refractivity contribution < 1.29 is 0 Å². The SMILES string of the molecule is Cc1nc2ccccc2n2cc3c(=O)n(C)c(=O)n(C)c3c12. The van der Waals surface area contributed by atoms with Crippen molar-refractivity contribution in [1.29, 1.82) is 0 Å². The van der Waals surface area contributed by atoms with Gasteiger partial charge >= 0.3 is 5.69 Å². The number of fused-ring (bicyclic) bond motifs is 5. The summed E-state index contributed by atoms with van der Waals surface area (Å²) in [6, 6.07) is 7.75. The van der Waals surface area contributed by atoms with Crippen molar-refractivity contribution in [3.63, 3.8) is 0 Å². The highest BCUT2D eigenvalue weighted by Crippen LogP contribution is 2.24. The summed E-state index contributed by atoms with van der Waals surface area (Å²) in [6.45, 7) is 1.89. The van der Waals surface area contributed by atoms with Gasteiger partial charge in [-0.15, -0.1) is 0 Å².